The fourth-order valence-corrected chi connectivity index (χ4v) is 0.995. The summed E-state index contributed by atoms with van der Waals surface area (Å²) in [4.78, 5) is 20.5. The van der Waals surface area contributed by atoms with Gasteiger partial charge >= 0.3 is 0 Å². The fraction of sp³-hybridized carbons (Fsp3) is 0.222. The Morgan fingerprint density at radius 2 is 2.27 bits per heavy atom. The van der Waals surface area contributed by atoms with Gasteiger partial charge < -0.3 is 9.47 Å². The molecular weight excluding hydrogens is 202 g/mol. The van der Waals surface area contributed by atoms with E-state index in [4.69, 9.17) is 4.74 Å². The van der Waals surface area contributed by atoms with Crippen LogP contribution in [0.1, 0.15) is 10.4 Å². The topological polar surface area (TPSA) is 78.7 Å². The minimum Gasteiger partial charge on any atom is -0.467 e. The molecule has 0 fully saturated rings. The Morgan fingerprint density at radius 1 is 1.53 bits per heavy atom. The van der Waals surface area contributed by atoms with Crippen molar-refractivity contribution in [2.24, 2.45) is 0 Å². The molecule has 1 aromatic rings. The van der Waals surface area contributed by atoms with E-state index < -0.39 is 4.92 Å². The molecular formula is C9H9NO5. The first-order valence-electron chi connectivity index (χ1n) is 4.04. The lowest BCUT2D eigenvalue weighted by molar-refractivity contribution is -0.384. The van der Waals surface area contributed by atoms with Crippen LogP contribution in [-0.4, -0.2) is 25.1 Å². The maximum Gasteiger partial charge on any atom is 0.270 e. The summed E-state index contributed by atoms with van der Waals surface area (Å²) >= 11 is 0. The number of benzene rings is 1. The molecule has 0 radical (unpaired) electrons. The van der Waals surface area contributed by atoms with Crippen LogP contribution in [0.3, 0.4) is 0 Å². The smallest absolute Gasteiger partial charge is 0.270 e. The molecule has 0 aliphatic heterocycles. The SMILES string of the molecule is COCOc1ccc([N+](=O)[O-])cc1C=O. The molecule has 15 heavy (non-hydrogen) atoms. The average molecular weight is 211 g/mol. The predicted molar refractivity (Wildman–Crippen MR) is 51.0 cm³/mol. The van der Waals surface area contributed by atoms with Crippen LogP contribution in [0.2, 0.25) is 0 Å². The van der Waals surface area contributed by atoms with Gasteiger partial charge in [-0.25, -0.2) is 0 Å². The summed E-state index contributed by atoms with van der Waals surface area (Å²) in [6.45, 7) is -0.0152. The van der Waals surface area contributed by atoms with Gasteiger partial charge in [-0.05, 0) is 6.07 Å². The minimum atomic E-state index is -0.576. The Morgan fingerprint density at radius 3 is 2.80 bits per heavy atom. The zero-order valence-electron chi connectivity index (χ0n) is 8.00. The van der Waals surface area contributed by atoms with Crippen LogP contribution in [0.15, 0.2) is 18.2 Å². The first-order valence-corrected chi connectivity index (χ1v) is 4.04. The second kappa shape index (κ2) is 5.06. The van der Waals surface area contributed by atoms with Crippen molar-refractivity contribution in [1.29, 1.82) is 0 Å². The van der Waals surface area contributed by atoms with Crippen molar-refractivity contribution in [3.05, 3.63) is 33.9 Å². The van der Waals surface area contributed by atoms with E-state index in [-0.39, 0.29) is 23.8 Å². The van der Waals surface area contributed by atoms with E-state index in [0.717, 1.165) is 6.07 Å². The normalized spacial score (nSPS) is 9.67. The van der Waals surface area contributed by atoms with Gasteiger partial charge in [-0.1, -0.05) is 0 Å². The van der Waals surface area contributed by atoms with Gasteiger partial charge in [0.25, 0.3) is 5.69 Å². The number of hydrogen-bond donors (Lipinski definition) is 0. The van der Waals surface area contributed by atoms with Gasteiger partial charge in [0.2, 0.25) is 0 Å². The standard InChI is InChI=1S/C9H9NO5/c1-14-6-15-9-3-2-8(10(12)13)4-7(9)5-11/h2-5H,6H2,1H3. The third kappa shape index (κ3) is 2.75. The molecule has 0 atom stereocenters. The van der Waals surface area contributed by atoms with Gasteiger partial charge in [-0.15, -0.1) is 0 Å². The molecule has 6 heteroatoms. The highest BCUT2D eigenvalue weighted by Crippen LogP contribution is 2.22. The summed E-state index contributed by atoms with van der Waals surface area (Å²) in [5.41, 5.74) is -0.0249. The molecule has 0 unspecified atom stereocenters. The Labute approximate surface area is 85.6 Å². The van der Waals surface area contributed by atoms with Crippen LogP contribution < -0.4 is 4.74 Å². The Balaban J connectivity index is 2.98. The number of hydrogen-bond acceptors (Lipinski definition) is 5. The van der Waals surface area contributed by atoms with Gasteiger partial charge in [0.15, 0.2) is 13.1 Å². The van der Waals surface area contributed by atoms with E-state index in [1.807, 2.05) is 0 Å². The summed E-state index contributed by atoms with van der Waals surface area (Å²) in [6, 6.07) is 3.77. The van der Waals surface area contributed by atoms with Crippen LogP contribution in [0.4, 0.5) is 5.69 Å². The van der Waals surface area contributed by atoms with Crippen molar-refractivity contribution in [3.63, 3.8) is 0 Å². The van der Waals surface area contributed by atoms with Gasteiger partial charge in [0, 0.05) is 19.2 Å². The number of carbonyl (C=O) groups is 1. The molecule has 0 bridgehead atoms. The van der Waals surface area contributed by atoms with E-state index in [9.17, 15) is 14.9 Å². The summed E-state index contributed by atoms with van der Waals surface area (Å²) in [5.74, 6) is 0.262. The highest BCUT2D eigenvalue weighted by Gasteiger charge is 2.10. The molecule has 0 aromatic heterocycles. The van der Waals surface area contributed by atoms with Crippen molar-refractivity contribution >= 4 is 12.0 Å². The molecule has 1 rings (SSSR count). The zero-order chi connectivity index (χ0) is 11.3. The van der Waals surface area contributed by atoms with Gasteiger partial charge in [0.05, 0.1) is 10.5 Å². The maximum atomic E-state index is 10.6. The number of non-ortho nitro benzene ring substituents is 1. The number of rotatable bonds is 5. The van der Waals surface area contributed by atoms with E-state index in [0.29, 0.717) is 6.29 Å². The van der Waals surface area contributed by atoms with Crippen LogP contribution in [0.5, 0.6) is 5.75 Å². The van der Waals surface area contributed by atoms with Crippen molar-refractivity contribution < 1.29 is 19.2 Å². The molecule has 1 aromatic carbocycles. The molecule has 80 valence electrons. The molecule has 6 nitrogen and oxygen atoms in total. The Bertz CT molecular complexity index is 377. The van der Waals surface area contributed by atoms with Gasteiger partial charge in [-0.2, -0.15) is 0 Å². The summed E-state index contributed by atoms with van der Waals surface area (Å²) in [7, 11) is 1.44. The molecule has 0 aliphatic rings. The molecule has 0 spiro atoms. The summed E-state index contributed by atoms with van der Waals surface area (Å²) in [6.07, 6.45) is 0.498. The number of methoxy groups -OCH3 is 1. The molecule has 0 aliphatic carbocycles. The molecule has 0 saturated heterocycles. The lowest BCUT2D eigenvalue weighted by Crippen LogP contribution is -2.02. The molecule has 0 amide bonds. The van der Waals surface area contributed by atoms with Gasteiger partial charge in [-0.3, -0.25) is 14.9 Å². The fourth-order valence-electron chi connectivity index (χ4n) is 0.995. The molecule has 0 saturated carbocycles. The van der Waals surface area contributed by atoms with Crippen LogP contribution >= 0.6 is 0 Å². The van der Waals surface area contributed by atoms with Crippen molar-refractivity contribution in [2.45, 2.75) is 0 Å². The minimum absolute atomic E-state index is 0.0152. The number of carbonyl (C=O) groups excluding carboxylic acids is 1. The highest BCUT2D eigenvalue weighted by atomic mass is 16.7. The second-order valence-corrected chi connectivity index (χ2v) is 2.65. The first kappa shape index (κ1) is 11.1. The largest absolute Gasteiger partial charge is 0.467 e. The maximum absolute atomic E-state index is 10.6. The number of aldehydes is 1. The third-order valence-corrected chi connectivity index (χ3v) is 1.66. The van der Waals surface area contributed by atoms with Gasteiger partial charge in [0.1, 0.15) is 5.75 Å². The van der Waals surface area contributed by atoms with E-state index in [1.54, 1.807) is 0 Å². The molecule has 0 N–H and O–H groups in total. The van der Waals surface area contributed by atoms with Crippen LogP contribution in [0.25, 0.3) is 0 Å². The van der Waals surface area contributed by atoms with Crippen molar-refractivity contribution in [1.82, 2.24) is 0 Å². The quantitative estimate of drug-likeness (QED) is 0.318. The highest BCUT2D eigenvalue weighted by molar-refractivity contribution is 5.80. The first-order chi connectivity index (χ1) is 7.19. The zero-order valence-corrected chi connectivity index (χ0v) is 8.00. The Kier molecular flexibility index (Phi) is 3.75. The lowest BCUT2D eigenvalue weighted by Gasteiger charge is -2.06. The van der Waals surface area contributed by atoms with E-state index in [2.05, 4.69) is 4.74 Å². The summed E-state index contributed by atoms with van der Waals surface area (Å²) < 4.78 is 9.69. The average Bonchev–Trinajstić information content (AvgIpc) is 2.25. The number of ether oxygens (including phenoxy) is 2. The predicted octanol–water partition coefficient (Wildman–Crippen LogP) is 1.39. The lowest BCUT2D eigenvalue weighted by atomic mass is 10.2. The van der Waals surface area contributed by atoms with Crippen LogP contribution in [-0.2, 0) is 4.74 Å². The van der Waals surface area contributed by atoms with E-state index >= 15 is 0 Å². The number of nitro benzene ring substituents is 1. The monoisotopic (exact) mass is 211 g/mol. The van der Waals surface area contributed by atoms with Crippen LogP contribution in [0, 0.1) is 10.1 Å². The Hall–Kier alpha value is -1.95. The summed E-state index contributed by atoms with van der Waals surface area (Å²) in [5, 5.41) is 10.4. The van der Waals surface area contributed by atoms with Crippen molar-refractivity contribution in [3.8, 4) is 5.75 Å². The third-order valence-electron chi connectivity index (χ3n) is 1.66. The number of nitro groups is 1. The second-order valence-electron chi connectivity index (χ2n) is 2.65. The van der Waals surface area contributed by atoms with Crippen molar-refractivity contribution in [2.75, 3.05) is 13.9 Å². The molecule has 0 heterocycles. The van der Waals surface area contributed by atoms with E-state index in [1.165, 1.54) is 19.2 Å². The number of nitrogens with zero attached hydrogens (tertiary/aromatic N) is 1.